The molecule has 2 heterocycles. The van der Waals surface area contributed by atoms with Gasteiger partial charge in [-0.1, -0.05) is 32.3 Å². The van der Waals surface area contributed by atoms with Crippen LogP contribution < -0.4 is 0 Å². The van der Waals surface area contributed by atoms with Crippen molar-refractivity contribution in [3.8, 4) is 11.4 Å². The van der Waals surface area contributed by atoms with Crippen LogP contribution in [0.2, 0.25) is 0 Å². The number of carbonyl (C=O) groups excluding carboxylic acids is 1. The van der Waals surface area contributed by atoms with Gasteiger partial charge >= 0.3 is 5.97 Å². The van der Waals surface area contributed by atoms with E-state index >= 15 is 0 Å². The molecule has 6 heteroatoms. The number of esters is 1. The number of rotatable bonds is 4. The fraction of sp³-hybridized carbons (Fsp3) is 0.636. The molecular formula is C22H31N3O3. The normalized spacial score (nSPS) is 26.1. The van der Waals surface area contributed by atoms with Gasteiger partial charge in [0.15, 0.2) is 0 Å². The third-order valence-electron chi connectivity index (χ3n) is 6.23. The molecule has 3 fully saturated rings. The zero-order chi connectivity index (χ0) is 20.2. The topological polar surface area (TPSA) is 78.1 Å². The van der Waals surface area contributed by atoms with Gasteiger partial charge in [0.2, 0.25) is 11.7 Å². The fourth-order valence-electron chi connectivity index (χ4n) is 4.45. The Kier molecular flexibility index (Phi) is 6.16. The Morgan fingerprint density at radius 2 is 1.93 bits per heavy atom. The number of fused-ring (bicyclic) bond motifs is 4. The lowest BCUT2D eigenvalue weighted by Gasteiger charge is -2.38. The van der Waals surface area contributed by atoms with Crippen LogP contribution in [0.25, 0.3) is 11.4 Å². The van der Waals surface area contributed by atoms with Gasteiger partial charge in [-0.15, -0.1) is 0 Å². The van der Waals surface area contributed by atoms with Crippen molar-refractivity contribution < 1.29 is 14.1 Å². The van der Waals surface area contributed by atoms with Crippen molar-refractivity contribution in [3.05, 3.63) is 29.9 Å². The Morgan fingerprint density at radius 3 is 2.64 bits per heavy atom. The van der Waals surface area contributed by atoms with Gasteiger partial charge in [0.1, 0.15) is 5.69 Å². The van der Waals surface area contributed by atoms with E-state index in [9.17, 15) is 4.79 Å². The number of hydrogen-bond acceptors (Lipinski definition) is 6. The molecule has 0 aliphatic heterocycles. The maximum absolute atomic E-state index is 11.9. The van der Waals surface area contributed by atoms with Crippen LogP contribution in [0, 0.1) is 5.41 Å². The predicted octanol–water partition coefficient (Wildman–Crippen LogP) is 5.34. The molecule has 6 nitrogen and oxygen atoms in total. The third-order valence-corrected chi connectivity index (χ3v) is 6.23. The van der Waals surface area contributed by atoms with Crippen LogP contribution in [0.5, 0.6) is 0 Å². The van der Waals surface area contributed by atoms with Crippen LogP contribution in [-0.2, 0) is 10.2 Å². The molecule has 0 unspecified atom stereocenters. The second-order valence-corrected chi connectivity index (χ2v) is 8.02. The Balaban J connectivity index is 0.00000109. The minimum absolute atomic E-state index is 0.0261. The molecule has 0 N–H and O–H groups in total. The van der Waals surface area contributed by atoms with E-state index in [4.69, 9.17) is 14.2 Å². The van der Waals surface area contributed by atoms with Gasteiger partial charge in [-0.2, -0.15) is 4.98 Å². The van der Waals surface area contributed by atoms with Crippen molar-refractivity contribution in [2.24, 2.45) is 5.41 Å². The standard InChI is InChI=1S/C20H25N3O3.C2H6/c1-3-25-17(24)15-13-14(5-12-21-15)16-22-18(26-23-16)20-7-4-6-19(2,8-10-20)9-11-20;1-2/h5,12-13H,3-4,6-11H2,1-2H3;1-2H3. The Bertz CT molecular complexity index is 807. The summed E-state index contributed by atoms with van der Waals surface area (Å²) in [4.78, 5) is 20.7. The first-order valence-corrected chi connectivity index (χ1v) is 10.5. The average Bonchev–Trinajstić information content (AvgIpc) is 3.09. The van der Waals surface area contributed by atoms with Crippen LogP contribution in [-0.4, -0.2) is 27.7 Å². The largest absolute Gasteiger partial charge is 0.461 e. The van der Waals surface area contributed by atoms with Crippen molar-refractivity contribution in [3.63, 3.8) is 0 Å². The number of ether oxygens (including phenoxy) is 1. The monoisotopic (exact) mass is 385 g/mol. The molecular weight excluding hydrogens is 354 g/mol. The molecule has 3 aliphatic rings. The Labute approximate surface area is 167 Å². The lowest BCUT2D eigenvalue weighted by molar-refractivity contribution is 0.0519. The molecule has 152 valence electrons. The zero-order valence-electron chi connectivity index (χ0n) is 17.5. The minimum atomic E-state index is -0.438. The highest BCUT2D eigenvalue weighted by Gasteiger charge is 2.47. The molecule has 0 radical (unpaired) electrons. The molecule has 3 aliphatic carbocycles. The molecule has 2 bridgehead atoms. The molecule has 3 saturated carbocycles. The maximum atomic E-state index is 11.9. The number of nitrogens with zero attached hydrogens (tertiary/aromatic N) is 3. The van der Waals surface area contributed by atoms with Crippen LogP contribution in [0.4, 0.5) is 0 Å². The van der Waals surface area contributed by atoms with Crippen LogP contribution in [0.15, 0.2) is 22.9 Å². The van der Waals surface area contributed by atoms with E-state index in [-0.39, 0.29) is 11.1 Å². The summed E-state index contributed by atoms with van der Waals surface area (Å²) in [5, 5.41) is 4.20. The van der Waals surface area contributed by atoms with Crippen molar-refractivity contribution in [1.29, 1.82) is 0 Å². The number of pyridine rings is 1. The summed E-state index contributed by atoms with van der Waals surface area (Å²) in [5.41, 5.74) is 1.50. The summed E-state index contributed by atoms with van der Waals surface area (Å²) in [6.07, 6.45) is 9.91. The molecule has 0 amide bonds. The fourth-order valence-corrected chi connectivity index (χ4v) is 4.45. The predicted molar refractivity (Wildman–Crippen MR) is 107 cm³/mol. The molecule has 2 aromatic rings. The lowest BCUT2D eigenvalue weighted by Crippen LogP contribution is -2.32. The maximum Gasteiger partial charge on any atom is 0.356 e. The molecule has 0 spiro atoms. The van der Waals surface area contributed by atoms with Crippen LogP contribution in [0.3, 0.4) is 0 Å². The highest BCUT2D eigenvalue weighted by Crippen LogP contribution is 2.54. The van der Waals surface area contributed by atoms with E-state index in [0.717, 1.165) is 30.7 Å². The SMILES string of the molecule is CC.CCOC(=O)c1cc(-c2noc(C34CCCC(C)(CC3)CC4)n2)ccn1. The first-order valence-electron chi connectivity index (χ1n) is 10.5. The first-order chi connectivity index (χ1) is 13.5. The van der Waals surface area contributed by atoms with E-state index in [0.29, 0.717) is 17.8 Å². The van der Waals surface area contributed by atoms with E-state index < -0.39 is 5.97 Å². The summed E-state index contributed by atoms with van der Waals surface area (Å²) in [5.74, 6) is 0.831. The molecule has 28 heavy (non-hydrogen) atoms. The summed E-state index contributed by atoms with van der Waals surface area (Å²) in [6, 6.07) is 3.45. The summed E-state index contributed by atoms with van der Waals surface area (Å²) in [7, 11) is 0. The summed E-state index contributed by atoms with van der Waals surface area (Å²) < 4.78 is 10.7. The van der Waals surface area contributed by atoms with Gasteiger partial charge in [-0.25, -0.2) is 9.78 Å². The number of aromatic nitrogens is 3. The van der Waals surface area contributed by atoms with Crippen molar-refractivity contribution >= 4 is 5.97 Å². The van der Waals surface area contributed by atoms with Gasteiger partial charge in [0.25, 0.3) is 0 Å². The smallest absolute Gasteiger partial charge is 0.356 e. The first kappa shape index (κ1) is 20.5. The van der Waals surface area contributed by atoms with Gasteiger partial charge < -0.3 is 9.26 Å². The van der Waals surface area contributed by atoms with E-state index in [1.165, 1.54) is 25.7 Å². The molecule has 5 rings (SSSR count). The molecule has 0 saturated heterocycles. The second-order valence-electron chi connectivity index (χ2n) is 8.02. The second kappa shape index (κ2) is 8.41. The van der Waals surface area contributed by atoms with Crippen molar-refractivity contribution in [2.45, 2.75) is 78.1 Å². The highest BCUT2D eigenvalue weighted by molar-refractivity contribution is 5.88. The van der Waals surface area contributed by atoms with E-state index in [2.05, 4.69) is 17.1 Å². The van der Waals surface area contributed by atoms with Gasteiger partial charge in [-0.3, -0.25) is 0 Å². The van der Waals surface area contributed by atoms with Gasteiger partial charge in [0.05, 0.1) is 6.61 Å². The number of hydrogen-bond donors (Lipinski definition) is 0. The van der Waals surface area contributed by atoms with E-state index in [1.54, 1.807) is 25.3 Å². The number of carbonyl (C=O) groups is 1. The van der Waals surface area contributed by atoms with Crippen LogP contribution >= 0.6 is 0 Å². The van der Waals surface area contributed by atoms with Gasteiger partial charge in [-0.05, 0) is 63.0 Å². The molecule has 0 atom stereocenters. The quantitative estimate of drug-likeness (QED) is 0.661. The summed E-state index contributed by atoms with van der Waals surface area (Å²) in [6.45, 7) is 8.50. The van der Waals surface area contributed by atoms with Crippen molar-refractivity contribution in [1.82, 2.24) is 15.1 Å². The van der Waals surface area contributed by atoms with E-state index in [1.807, 2.05) is 13.8 Å². The third kappa shape index (κ3) is 3.96. The highest BCUT2D eigenvalue weighted by atomic mass is 16.5. The van der Waals surface area contributed by atoms with Crippen molar-refractivity contribution in [2.75, 3.05) is 6.61 Å². The van der Waals surface area contributed by atoms with Crippen LogP contribution in [0.1, 0.15) is 89.0 Å². The molecule has 2 aromatic heterocycles. The molecule has 0 aromatic carbocycles. The lowest BCUT2D eigenvalue weighted by atomic mass is 9.66. The summed E-state index contributed by atoms with van der Waals surface area (Å²) >= 11 is 0. The zero-order valence-corrected chi connectivity index (χ0v) is 17.5. The minimum Gasteiger partial charge on any atom is -0.461 e. The average molecular weight is 386 g/mol. The Hall–Kier alpha value is -2.24. The van der Waals surface area contributed by atoms with Gasteiger partial charge in [0, 0.05) is 17.2 Å². The Morgan fingerprint density at radius 1 is 1.18 bits per heavy atom.